The standard InChI is InChI=1S/C28H32N4O4/c1-19-15-20(2)17-23(16-19)32(25(33)18-30-27(34)24-9-6-14-36-24)26(21-10-12-29-13-11-21)28(35)31-22-7-4-3-5-8-22/h6,9-17,22,26H,3-5,7-8,18H2,1-2H3,(H,30,34)(H,31,35). The molecule has 36 heavy (non-hydrogen) atoms. The van der Waals surface area contributed by atoms with Gasteiger partial charge in [-0.25, -0.2) is 0 Å². The smallest absolute Gasteiger partial charge is 0.287 e. The largest absolute Gasteiger partial charge is 0.459 e. The van der Waals surface area contributed by atoms with Crippen LogP contribution in [0, 0.1) is 13.8 Å². The fourth-order valence-corrected chi connectivity index (χ4v) is 4.75. The Morgan fingerprint density at radius 3 is 2.36 bits per heavy atom. The van der Waals surface area contributed by atoms with Crippen molar-refractivity contribution in [1.82, 2.24) is 15.6 Å². The zero-order valence-corrected chi connectivity index (χ0v) is 20.7. The van der Waals surface area contributed by atoms with Gasteiger partial charge < -0.3 is 15.1 Å². The van der Waals surface area contributed by atoms with Gasteiger partial charge in [-0.15, -0.1) is 0 Å². The van der Waals surface area contributed by atoms with Gasteiger partial charge in [0.2, 0.25) is 11.8 Å². The molecule has 1 atom stereocenters. The number of aryl methyl sites for hydroxylation is 2. The van der Waals surface area contributed by atoms with E-state index < -0.39 is 17.9 Å². The number of aromatic nitrogens is 1. The van der Waals surface area contributed by atoms with Gasteiger partial charge in [0.1, 0.15) is 6.04 Å². The average molecular weight is 489 g/mol. The number of amides is 3. The van der Waals surface area contributed by atoms with Gasteiger partial charge in [-0.2, -0.15) is 0 Å². The molecule has 1 unspecified atom stereocenters. The van der Waals surface area contributed by atoms with Crippen molar-refractivity contribution in [1.29, 1.82) is 0 Å². The van der Waals surface area contributed by atoms with Crippen LogP contribution in [-0.4, -0.2) is 35.3 Å². The minimum absolute atomic E-state index is 0.0745. The molecule has 1 aliphatic rings. The Kier molecular flexibility index (Phi) is 8.15. The third-order valence-electron chi connectivity index (χ3n) is 6.38. The zero-order chi connectivity index (χ0) is 25.5. The molecule has 3 amide bonds. The molecule has 2 aromatic heterocycles. The second kappa shape index (κ2) is 11.7. The Morgan fingerprint density at radius 1 is 1.03 bits per heavy atom. The highest BCUT2D eigenvalue weighted by Gasteiger charge is 2.34. The predicted octanol–water partition coefficient (Wildman–Crippen LogP) is 4.24. The quantitative estimate of drug-likeness (QED) is 0.493. The maximum Gasteiger partial charge on any atom is 0.287 e. The van der Waals surface area contributed by atoms with Crippen LogP contribution in [0.2, 0.25) is 0 Å². The number of carbonyl (C=O) groups is 3. The first-order valence-electron chi connectivity index (χ1n) is 12.3. The molecule has 0 radical (unpaired) electrons. The highest BCUT2D eigenvalue weighted by molar-refractivity contribution is 6.04. The molecule has 2 N–H and O–H groups in total. The molecule has 1 aliphatic carbocycles. The van der Waals surface area contributed by atoms with Crippen molar-refractivity contribution in [2.75, 3.05) is 11.4 Å². The predicted molar refractivity (Wildman–Crippen MR) is 136 cm³/mol. The average Bonchev–Trinajstić information content (AvgIpc) is 3.41. The van der Waals surface area contributed by atoms with Gasteiger partial charge in [0.15, 0.2) is 5.76 Å². The number of carbonyl (C=O) groups excluding carboxylic acids is 3. The van der Waals surface area contributed by atoms with Crippen LogP contribution in [0.1, 0.15) is 65.4 Å². The summed E-state index contributed by atoms with van der Waals surface area (Å²) in [6.07, 6.45) is 9.78. The molecule has 8 nitrogen and oxygen atoms in total. The highest BCUT2D eigenvalue weighted by Crippen LogP contribution is 2.30. The Morgan fingerprint density at radius 2 is 1.72 bits per heavy atom. The number of furan rings is 1. The van der Waals surface area contributed by atoms with E-state index in [1.807, 2.05) is 32.0 Å². The van der Waals surface area contributed by atoms with Crippen LogP contribution in [0.15, 0.2) is 65.5 Å². The second-order valence-electron chi connectivity index (χ2n) is 9.30. The van der Waals surface area contributed by atoms with E-state index in [4.69, 9.17) is 4.42 Å². The Balaban J connectivity index is 1.69. The van der Waals surface area contributed by atoms with Crippen LogP contribution < -0.4 is 15.5 Å². The molecule has 1 aromatic carbocycles. The van der Waals surface area contributed by atoms with Gasteiger partial charge in [-0.1, -0.05) is 25.3 Å². The van der Waals surface area contributed by atoms with Crippen molar-refractivity contribution < 1.29 is 18.8 Å². The Hall–Kier alpha value is -3.94. The molecule has 2 heterocycles. The van der Waals surface area contributed by atoms with E-state index in [1.165, 1.54) is 23.7 Å². The van der Waals surface area contributed by atoms with Crippen molar-refractivity contribution in [2.24, 2.45) is 0 Å². The summed E-state index contributed by atoms with van der Waals surface area (Å²) < 4.78 is 5.14. The summed E-state index contributed by atoms with van der Waals surface area (Å²) in [6.45, 7) is 3.59. The summed E-state index contributed by atoms with van der Waals surface area (Å²) in [6, 6.07) is 11.5. The second-order valence-corrected chi connectivity index (χ2v) is 9.30. The van der Waals surface area contributed by atoms with Crippen LogP contribution in [0.4, 0.5) is 5.69 Å². The molecular formula is C28H32N4O4. The molecule has 0 bridgehead atoms. The lowest BCUT2D eigenvalue weighted by Gasteiger charge is -2.34. The van der Waals surface area contributed by atoms with E-state index in [2.05, 4.69) is 15.6 Å². The minimum Gasteiger partial charge on any atom is -0.459 e. The first kappa shape index (κ1) is 25.2. The highest BCUT2D eigenvalue weighted by atomic mass is 16.3. The summed E-state index contributed by atoms with van der Waals surface area (Å²) in [5, 5.41) is 5.81. The van der Waals surface area contributed by atoms with Crippen molar-refractivity contribution in [2.45, 2.75) is 58.0 Å². The SMILES string of the molecule is Cc1cc(C)cc(N(C(=O)CNC(=O)c2ccco2)C(C(=O)NC2CCCCC2)c2ccncc2)c1. The van der Waals surface area contributed by atoms with E-state index in [9.17, 15) is 14.4 Å². The fourth-order valence-electron chi connectivity index (χ4n) is 4.75. The molecule has 188 valence electrons. The number of rotatable bonds is 8. The first-order valence-corrected chi connectivity index (χ1v) is 12.3. The van der Waals surface area contributed by atoms with Crippen molar-refractivity contribution in [3.05, 3.63) is 83.6 Å². The summed E-state index contributed by atoms with van der Waals surface area (Å²) in [7, 11) is 0. The Labute approximate surface area is 211 Å². The third kappa shape index (κ3) is 6.19. The maximum atomic E-state index is 13.8. The monoisotopic (exact) mass is 488 g/mol. The number of hydrogen-bond acceptors (Lipinski definition) is 5. The molecule has 0 spiro atoms. The van der Waals surface area contributed by atoms with E-state index in [-0.39, 0.29) is 24.3 Å². The van der Waals surface area contributed by atoms with Crippen molar-refractivity contribution in [3.63, 3.8) is 0 Å². The van der Waals surface area contributed by atoms with Gasteiger partial charge in [-0.05, 0) is 79.8 Å². The summed E-state index contributed by atoms with van der Waals surface area (Å²) >= 11 is 0. The summed E-state index contributed by atoms with van der Waals surface area (Å²) in [5.41, 5.74) is 3.15. The molecule has 0 aliphatic heterocycles. The fraction of sp³-hybridized carbons (Fsp3) is 0.357. The van der Waals surface area contributed by atoms with E-state index in [0.717, 1.165) is 36.8 Å². The first-order chi connectivity index (χ1) is 17.4. The molecule has 1 fully saturated rings. The van der Waals surface area contributed by atoms with E-state index in [0.29, 0.717) is 11.3 Å². The number of hydrogen-bond donors (Lipinski definition) is 2. The summed E-state index contributed by atoms with van der Waals surface area (Å²) in [5.74, 6) is -1.05. The topological polar surface area (TPSA) is 105 Å². The molecule has 4 rings (SSSR count). The van der Waals surface area contributed by atoms with Crippen LogP contribution >= 0.6 is 0 Å². The molecule has 8 heteroatoms. The maximum absolute atomic E-state index is 13.8. The van der Waals surface area contributed by atoms with Crippen molar-refractivity contribution in [3.8, 4) is 0 Å². The number of anilines is 1. The Bertz CT molecular complexity index is 1170. The lowest BCUT2D eigenvalue weighted by Crippen LogP contribution is -2.49. The molecular weight excluding hydrogens is 456 g/mol. The number of pyridine rings is 1. The van der Waals surface area contributed by atoms with Crippen molar-refractivity contribution >= 4 is 23.4 Å². The van der Waals surface area contributed by atoms with Crippen LogP contribution in [-0.2, 0) is 9.59 Å². The van der Waals surface area contributed by atoms with Gasteiger partial charge in [-0.3, -0.25) is 24.3 Å². The van der Waals surface area contributed by atoms with Gasteiger partial charge >= 0.3 is 0 Å². The zero-order valence-electron chi connectivity index (χ0n) is 20.7. The number of benzene rings is 1. The van der Waals surface area contributed by atoms with E-state index >= 15 is 0 Å². The number of nitrogens with one attached hydrogen (secondary N) is 2. The third-order valence-corrected chi connectivity index (χ3v) is 6.38. The molecule has 0 saturated heterocycles. The van der Waals surface area contributed by atoms with E-state index in [1.54, 1.807) is 30.6 Å². The normalized spacial score (nSPS) is 14.6. The van der Waals surface area contributed by atoms with Crippen LogP contribution in [0.25, 0.3) is 0 Å². The lowest BCUT2D eigenvalue weighted by molar-refractivity contribution is -0.127. The minimum atomic E-state index is -0.927. The summed E-state index contributed by atoms with van der Waals surface area (Å²) in [4.78, 5) is 45.6. The van der Waals surface area contributed by atoms with Gasteiger partial charge in [0, 0.05) is 24.1 Å². The number of nitrogens with zero attached hydrogens (tertiary/aromatic N) is 2. The van der Waals surface area contributed by atoms with Crippen LogP contribution in [0.5, 0.6) is 0 Å². The van der Waals surface area contributed by atoms with Crippen LogP contribution in [0.3, 0.4) is 0 Å². The lowest BCUT2D eigenvalue weighted by atomic mass is 9.94. The van der Waals surface area contributed by atoms with Gasteiger partial charge in [0.05, 0.1) is 12.8 Å². The van der Waals surface area contributed by atoms with Gasteiger partial charge in [0.25, 0.3) is 5.91 Å². The molecule has 3 aromatic rings. The molecule has 1 saturated carbocycles.